The van der Waals surface area contributed by atoms with Gasteiger partial charge in [0, 0.05) is 6.04 Å². The van der Waals surface area contributed by atoms with Crippen molar-refractivity contribution in [2.24, 2.45) is 5.41 Å². The fourth-order valence-corrected chi connectivity index (χ4v) is 3.53. The molecule has 1 aromatic heterocycles. The van der Waals surface area contributed by atoms with Crippen LogP contribution in [0.3, 0.4) is 0 Å². The lowest BCUT2D eigenvalue weighted by atomic mass is 9.87. The van der Waals surface area contributed by atoms with Crippen molar-refractivity contribution in [1.29, 1.82) is 0 Å². The molecule has 116 valence electrons. The molecule has 3 N–H and O–H groups in total. The van der Waals surface area contributed by atoms with Crippen molar-refractivity contribution in [1.82, 2.24) is 15.6 Å². The molecule has 1 fully saturated rings. The van der Waals surface area contributed by atoms with Gasteiger partial charge in [-0.3, -0.25) is 0 Å². The van der Waals surface area contributed by atoms with Crippen molar-refractivity contribution in [2.45, 2.75) is 52.6 Å². The predicted octanol–water partition coefficient (Wildman–Crippen LogP) is 2.53. The molecule has 7 heteroatoms. The van der Waals surface area contributed by atoms with Crippen LogP contribution in [0.15, 0.2) is 0 Å². The highest BCUT2D eigenvalue weighted by Gasteiger charge is 2.35. The number of thiazole rings is 1. The van der Waals surface area contributed by atoms with E-state index in [0.29, 0.717) is 10.7 Å². The van der Waals surface area contributed by atoms with Gasteiger partial charge >= 0.3 is 12.0 Å². The van der Waals surface area contributed by atoms with E-state index in [1.807, 2.05) is 0 Å². The third-order valence-electron chi connectivity index (χ3n) is 4.00. The summed E-state index contributed by atoms with van der Waals surface area (Å²) in [6.45, 7) is 6.23. The Balaban J connectivity index is 1.87. The number of carbonyl (C=O) groups excluding carboxylic acids is 1. The minimum absolute atomic E-state index is 0.131. The predicted molar refractivity (Wildman–Crippen MR) is 80.6 cm³/mol. The molecule has 0 bridgehead atoms. The van der Waals surface area contributed by atoms with Crippen LogP contribution in [0, 0.1) is 12.3 Å². The maximum absolute atomic E-state index is 11.9. The normalized spacial score (nSPS) is 20.2. The molecule has 1 saturated carbocycles. The van der Waals surface area contributed by atoms with Crippen LogP contribution in [-0.2, 0) is 6.54 Å². The van der Waals surface area contributed by atoms with E-state index < -0.39 is 5.97 Å². The lowest BCUT2D eigenvalue weighted by Gasteiger charge is -2.27. The van der Waals surface area contributed by atoms with Gasteiger partial charge in [0.05, 0.1) is 12.2 Å². The lowest BCUT2D eigenvalue weighted by molar-refractivity contribution is 0.0701. The Bertz CT molecular complexity index is 554. The average molecular weight is 311 g/mol. The summed E-state index contributed by atoms with van der Waals surface area (Å²) >= 11 is 1.10. The molecule has 1 aliphatic carbocycles. The second kappa shape index (κ2) is 6.01. The molecular formula is C14H21N3O3S. The Morgan fingerprint density at radius 1 is 1.48 bits per heavy atom. The molecule has 2 amide bonds. The van der Waals surface area contributed by atoms with Crippen LogP contribution in [0.25, 0.3) is 0 Å². The number of amides is 2. The lowest BCUT2D eigenvalue weighted by Crippen LogP contribution is -2.46. The maximum atomic E-state index is 11.9. The highest BCUT2D eigenvalue weighted by molar-refractivity contribution is 7.13. The van der Waals surface area contributed by atoms with Crippen LogP contribution in [0.1, 0.15) is 53.5 Å². The number of hydrogen-bond donors (Lipinski definition) is 3. The number of nitrogens with zero attached hydrogens (tertiary/aromatic N) is 1. The smallest absolute Gasteiger partial charge is 0.347 e. The first-order chi connectivity index (χ1) is 9.79. The molecule has 2 rings (SSSR count). The van der Waals surface area contributed by atoms with Crippen molar-refractivity contribution < 1.29 is 14.7 Å². The largest absolute Gasteiger partial charge is 0.477 e. The Morgan fingerprint density at radius 3 is 2.71 bits per heavy atom. The van der Waals surface area contributed by atoms with Crippen LogP contribution in [0.5, 0.6) is 0 Å². The molecule has 0 radical (unpaired) electrons. The summed E-state index contributed by atoms with van der Waals surface area (Å²) in [5, 5.41) is 15.3. The first kappa shape index (κ1) is 15.8. The minimum Gasteiger partial charge on any atom is -0.477 e. The summed E-state index contributed by atoms with van der Waals surface area (Å²) in [6, 6.07) is -0.0372. The van der Waals surface area contributed by atoms with E-state index in [0.717, 1.165) is 30.6 Å². The van der Waals surface area contributed by atoms with Gasteiger partial charge in [0.15, 0.2) is 0 Å². The number of urea groups is 1. The third-order valence-corrected chi connectivity index (χ3v) is 5.14. The third kappa shape index (κ3) is 3.72. The van der Waals surface area contributed by atoms with Crippen molar-refractivity contribution in [2.75, 3.05) is 0 Å². The van der Waals surface area contributed by atoms with E-state index in [9.17, 15) is 9.59 Å². The maximum Gasteiger partial charge on any atom is 0.347 e. The summed E-state index contributed by atoms with van der Waals surface area (Å²) in [5.74, 6) is -0.978. The Morgan fingerprint density at radius 2 is 2.19 bits per heavy atom. The Hall–Kier alpha value is -1.63. The summed E-state index contributed by atoms with van der Waals surface area (Å²) < 4.78 is 0. The monoisotopic (exact) mass is 311 g/mol. The quantitative estimate of drug-likeness (QED) is 0.797. The first-order valence-electron chi connectivity index (χ1n) is 7.03. The molecule has 0 aromatic carbocycles. The fraction of sp³-hybridized carbons (Fsp3) is 0.643. The van der Waals surface area contributed by atoms with Crippen molar-refractivity contribution in [3.8, 4) is 0 Å². The number of nitrogens with one attached hydrogen (secondary N) is 2. The van der Waals surface area contributed by atoms with Gasteiger partial charge in [-0.1, -0.05) is 20.3 Å². The van der Waals surface area contributed by atoms with Gasteiger partial charge in [0.2, 0.25) is 0 Å². The van der Waals surface area contributed by atoms with Crippen LogP contribution in [-0.4, -0.2) is 28.1 Å². The van der Waals surface area contributed by atoms with E-state index in [1.54, 1.807) is 6.92 Å². The Labute approximate surface area is 128 Å². The number of rotatable bonds is 4. The number of carboxylic acids is 1. The molecule has 1 aliphatic rings. The van der Waals surface area contributed by atoms with Crippen molar-refractivity contribution in [3.63, 3.8) is 0 Å². The molecule has 1 heterocycles. The molecule has 21 heavy (non-hydrogen) atoms. The molecular weight excluding hydrogens is 290 g/mol. The van der Waals surface area contributed by atoms with E-state index in [-0.39, 0.29) is 28.9 Å². The number of hydrogen-bond acceptors (Lipinski definition) is 4. The van der Waals surface area contributed by atoms with E-state index in [4.69, 9.17) is 5.11 Å². The number of carbonyl (C=O) groups is 2. The SMILES string of the molecule is Cc1nc(CNC(=O)NC2CCCC2(C)C)sc1C(=O)O. The molecule has 0 saturated heterocycles. The van der Waals surface area contributed by atoms with E-state index in [1.165, 1.54) is 0 Å². The van der Waals surface area contributed by atoms with Gasteiger partial charge in [-0.25, -0.2) is 14.6 Å². The molecule has 6 nitrogen and oxygen atoms in total. The zero-order valence-corrected chi connectivity index (χ0v) is 13.3. The van der Waals surface area contributed by atoms with Gasteiger partial charge in [0.1, 0.15) is 9.88 Å². The van der Waals surface area contributed by atoms with Crippen LogP contribution in [0.2, 0.25) is 0 Å². The number of aryl methyl sites for hydroxylation is 1. The van der Waals surface area contributed by atoms with Crippen molar-refractivity contribution in [3.05, 3.63) is 15.6 Å². The molecule has 1 aromatic rings. The standard InChI is InChI=1S/C14H21N3O3S/c1-8-11(12(18)19)21-10(16-8)7-15-13(20)17-9-5-4-6-14(9,2)3/h9H,4-7H2,1-3H3,(H,18,19)(H2,15,17,20). The zero-order chi connectivity index (χ0) is 15.6. The van der Waals surface area contributed by atoms with E-state index >= 15 is 0 Å². The summed E-state index contributed by atoms with van der Waals surface area (Å²) in [6.07, 6.45) is 3.25. The number of carboxylic acid groups (broad SMARTS) is 1. The molecule has 0 spiro atoms. The summed E-state index contributed by atoms with van der Waals surface area (Å²) in [5.41, 5.74) is 0.618. The van der Waals surface area contributed by atoms with Crippen molar-refractivity contribution >= 4 is 23.3 Å². The highest BCUT2D eigenvalue weighted by Crippen LogP contribution is 2.37. The van der Waals surface area contributed by atoms with Gasteiger partial charge in [-0.05, 0) is 25.2 Å². The summed E-state index contributed by atoms with van der Waals surface area (Å²) in [7, 11) is 0. The summed E-state index contributed by atoms with van der Waals surface area (Å²) in [4.78, 5) is 27.3. The molecule has 1 atom stereocenters. The second-order valence-electron chi connectivity index (χ2n) is 6.09. The number of aromatic nitrogens is 1. The van der Waals surface area contributed by atoms with Crippen LogP contribution in [0.4, 0.5) is 4.79 Å². The van der Waals surface area contributed by atoms with Gasteiger partial charge in [0.25, 0.3) is 0 Å². The van der Waals surface area contributed by atoms with E-state index in [2.05, 4.69) is 29.5 Å². The zero-order valence-electron chi connectivity index (χ0n) is 12.5. The molecule has 0 aliphatic heterocycles. The minimum atomic E-state index is -0.978. The second-order valence-corrected chi connectivity index (χ2v) is 7.17. The topological polar surface area (TPSA) is 91.3 Å². The van der Waals surface area contributed by atoms with Gasteiger partial charge in [-0.15, -0.1) is 11.3 Å². The highest BCUT2D eigenvalue weighted by atomic mass is 32.1. The Kier molecular flexibility index (Phi) is 4.51. The average Bonchev–Trinajstić information content (AvgIpc) is 2.90. The fourth-order valence-electron chi connectivity index (χ4n) is 2.69. The van der Waals surface area contributed by atoms with Crippen LogP contribution >= 0.6 is 11.3 Å². The van der Waals surface area contributed by atoms with Crippen LogP contribution < -0.4 is 10.6 Å². The van der Waals surface area contributed by atoms with Gasteiger partial charge in [-0.2, -0.15) is 0 Å². The first-order valence-corrected chi connectivity index (χ1v) is 7.85. The van der Waals surface area contributed by atoms with Gasteiger partial charge < -0.3 is 15.7 Å². The molecule has 1 unspecified atom stereocenters. The number of aromatic carboxylic acids is 1.